The number of carbonyl (C=O) groups excluding carboxylic acids is 1. The van der Waals surface area contributed by atoms with Crippen LogP contribution in [0.2, 0.25) is 0 Å². The number of nitrogens with one attached hydrogen (secondary N) is 1. The van der Waals surface area contributed by atoms with Gasteiger partial charge in [0.1, 0.15) is 11.4 Å². The molecule has 4 nitrogen and oxygen atoms in total. The summed E-state index contributed by atoms with van der Waals surface area (Å²) < 4.78 is 5.28. The molecule has 0 aliphatic heterocycles. The van der Waals surface area contributed by atoms with Crippen molar-refractivity contribution in [3.63, 3.8) is 0 Å². The zero-order valence-electron chi connectivity index (χ0n) is 15.3. The highest BCUT2D eigenvalue weighted by atomic mass is 16.5. The van der Waals surface area contributed by atoms with Crippen LogP contribution in [-0.4, -0.2) is 24.7 Å². The minimum absolute atomic E-state index is 0.00464. The fraction of sp³-hybridized carbons (Fsp3) is 0.409. The first kappa shape index (κ1) is 18.5. The van der Waals surface area contributed by atoms with Crippen molar-refractivity contribution in [1.82, 2.24) is 5.32 Å². The molecule has 1 unspecified atom stereocenters. The average molecular weight is 353 g/mol. The Kier molecular flexibility index (Phi) is 5.94. The largest absolute Gasteiger partial charge is 0.497 e. The zero-order chi connectivity index (χ0) is 18.4. The third kappa shape index (κ3) is 4.44. The Morgan fingerprint density at radius 1 is 1.23 bits per heavy atom. The molecule has 1 amide bonds. The molecular formula is C22H27NO3. The number of aryl methyl sites for hydroxylation is 2. The van der Waals surface area contributed by atoms with Crippen molar-refractivity contribution in [2.75, 3.05) is 13.7 Å². The van der Waals surface area contributed by atoms with Crippen LogP contribution in [0, 0.1) is 0 Å². The molecule has 4 heteroatoms. The Bertz CT molecular complexity index is 744. The molecule has 138 valence electrons. The number of methoxy groups -OCH3 is 1. The van der Waals surface area contributed by atoms with Gasteiger partial charge in [0, 0.05) is 6.42 Å². The van der Waals surface area contributed by atoms with Gasteiger partial charge in [-0.2, -0.15) is 0 Å². The number of amides is 1. The van der Waals surface area contributed by atoms with Gasteiger partial charge in [-0.15, -0.1) is 0 Å². The summed E-state index contributed by atoms with van der Waals surface area (Å²) in [4.78, 5) is 12.2. The quantitative estimate of drug-likeness (QED) is 0.802. The van der Waals surface area contributed by atoms with Crippen molar-refractivity contribution in [2.24, 2.45) is 0 Å². The lowest BCUT2D eigenvalue weighted by Crippen LogP contribution is -2.43. The van der Waals surface area contributed by atoms with Crippen LogP contribution in [-0.2, 0) is 23.2 Å². The molecule has 0 fully saturated rings. The van der Waals surface area contributed by atoms with Crippen LogP contribution < -0.4 is 10.1 Å². The lowest BCUT2D eigenvalue weighted by Gasteiger charge is -2.35. The van der Waals surface area contributed by atoms with Gasteiger partial charge >= 0.3 is 0 Å². The van der Waals surface area contributed by atoms with E-state index in [9.17, 15) is 9.90 Å². The van der Waals surface area contributed by atoms with Crippen LogP contribution in [0.25, 0.3) is 0 Å². The molecule has 3 rings (SSSR count). The number of ether oxygens (including phenoxy) is 1. The molecule has 2 N–H and O–H groups in total. The summed E-state index contributed by atoms with van der Waals surface area (Å²) >= 11 is 0. The lowest BCUT2D eigenvalue weighted by molar-refractivity contribution is -0.122. The Balaban J connectivity index is 1.53. The van der Waals surface area contributed by atoms with Crippen molar-refractivity contribution < 1.29 is 14.6 Å². The van der Waals surface area contributed by atoms with Crippen molar-refractivity contribution in [3.8, 4) is 5.75 Å². The highest BCUT2D eigenvalue weighted by Crippen LogP contribution is 2.36. The summed E-state index contributed by atoms with van der Waals surface area (Å²) in [6.45, 7) is 0.260. The summed E-state index contributed by atoms with van der Waals surface area (Å²) in [7, 11) is 1.65. The van der Waals surface area contributed by atoms with E-state index in [1.54, 1.807) is 7.11 Å². The van der Waals surface area contributed by atoms with E-state index in [-0.39, 0.29) is 12.5 Å². The second-order valence-electron chi connectivity index (χ2n) is 7.02. The Morgan fingerprint density at radius 3 is 2.81 bits per heavy atom. The maximum atomic E-state index is 12.2. The smallest absolute Gasteiger partial charge is 0.220 e. The summed E-state index contributed by atoms with van der Waals surface area (Å²) in [5, 5.41) is 14.0. The van der Waals surface area contributed by atoms with E-state index in [4.69, 9.17) is 4.74 Å². The fourth-order valence-electron chi connectivity index (χ4n) is 3.68. The molecule has 2 aromatic carbocycles. The van der Waals surface area contributed by atoms with Crippen LogP contribution in [0.3, 0.4) is 0 Å². The van der Waals surface area contributed by atoms with E-state index in [1.165, 1.54) is 5.56 Å². The Hall–Kier alpha value is -2.33. The van der Waals surface area contributed by atoms with Crippen LogP contribution >= 0.6 is 0 Å². The third-order valence-corrected chi connectivity index (χ3v) is 5.14. The molecule has 1 aliphatic carbocycles. The number of hydrogen-bond acceptors (Lipinski definition) is 3. The van der Waals surface area contributed by atoms with Crippen molar-refractivity contribution in [2.45, 2.75) is 44.1 Å². The Labute approximate surface area is 155 Å². The first-order valence-electron chi connectivity index (χ1n) is 9.31. The van der Waals surface area contributed by atoms with Crippen molar-refractivity contribution in [1.29, 1.82) is 0 Å². The van der Waals surface area contributed by atoms with Gasteiger partial charge in [-0.3, -0.25) is 4.79 Å². The lowest BCUT2D eigenvalue weighted by atomic mass is 9.79. The normalized spacial score (nSPS) is 18.8. The number of hydrogen-bond donors (Lipinski definition) is 2. The van der Waals surface area contributed by atoms with E-state index in [0.29, 0.717) is 12.8 Å². The van der Waals surface area contributed by atoms with E-state index in [1.807, 2.05) is 36.4 Å². The number of carbonyl (C=O) groups is 1. The molecule has 1 aliphatic rings. The number of rotatable bonds is 7. The number of benzene rings is 2. The minimum atomic E-state index is -0.991. The summed E-state index contributed by atoms with van der Waals surface area (Å²) in [6.07, 6.45) is 4.67. The first-order valence-corrected chi connectivity index (χ1v) is 9.31. The summed E-state index contributed by atoms with van der Waals surface area (Å²) in [5.74, 6) is 0.799. The predicted molar refractivity (Wildman–Crippen MR) is 102 cm³/mol. The second kappa shape index (κ2) is 8.37. The van der Waals surface area contributed by atoms with Crippen molar-refractivity contribution >= 4 is 5.91 Å². The monoisotopic (exact) mass is 353 g/mol. The number of aliphatic hydroxyl groups is 1. The van der Waals surface area contributed by atoms with E-state index in [2.05, 4.69) is 17.4 Å². The highest BCUT2D eigenvalue weighted by Gasteiger charge is 2.34. The zero-order valence-corrected chi connectivity index (χ0v) is 15.3. The maximum absolute atomic E-state index is 12.2. The Morgan fingerprint density at radius 2 is 2.04 bits per heavy atom. The van der Waals surface area contributed by atoms with Gasteiger partial charge in [-0.25, -0.2) is 0 Å². The summed E-state index contributed by atoms with van der Waals surface area (Å²) in [5.41, 5.74) is 2.27. The van der Waals surface area contributed by atoms with Gasteiger partial charge < -0.3 is 15.2 Å². The fourth-order valence-corrected chi connectivity index (χ4v) is 3.68. The average Bonchev–Trinajstić information content (AvgIpc) is 2.67. The van der Waals surface area contributed by atoms with Crippen molar-refractivity contribution in [3.05, 3.63) is 65.2 Å². The SMILES string of the molecule is COc1ccc2c(c1)CCCC2(O)CNC(=O)CCCc1ccccc1. The first-order chi connectivity index (χ1) is 12.6. The van der Waals surface area contributed by atoms with Gasteiger partial charge in [0.2, 0.25) is 5.91 Å². The second-order valence-corrected chi connectivity index (χ2v) is 7.02. The molecule has 2 aromatic rings. The predicted octanol–water partition coefficient (Wildman–Crippen LogP) is 3.36. The van der Waals surface area contributed by atoms with Gasteiger partial charge in [0.05, 0.1) is 13.7 Å². The molecule has 0 saturated heterocycles. The van der Waals surface area contributed by atoms with E-state index < -0.39 is 5.60 Å². The van der Waals surface area contributed by atoms with E-state index in [0.717, 1.165) is 42.6 Å². The molecule has 0 bridgehead atoms. The maximum Gasteiger partial charge on any atom is 0.220 e. The third-order valence-electron chi connectivity index (χ3n) is 5.14. The standard InChI is InChI=1S/C22H27NO3/c1-26-19-12-13-20-18(15-19)10-6-14-22(20,25)16-23-21(24)11-5-9-17-7-3-2-4-8-17/h2-4,7-8,12-13,15,25H,5-6,9-11,14,16H2,1H3,(H,23,24). The minimum Gasteiger partial charge on any atom is -0.497 e. The van der Waals surface area contributed by atoms with Crippen LogP contribution in [0.1, 0.15) is 42.4 Å². The van der Waals surface area contributed by atoms with Gasteiger partial charge in [-0.05, 0) is 60.9 Å². The molecule has 26 heavy (non-hydrogen) atoms. The van der Waals surface area contributed by atoms with Gasteiger partial charge in [0.25, 0.3) is 0 Å². The van der Waals surface area contributed by atoms with Gasteiger partial charge in [0.15, 0.2) is 0 Å². The van der Waals surface area contributed by atoms with Crippen LogP contribution in [0.15, 0.2) is 48.5 Å². The number of fused-ring (bicyclic) bond motifs is 1. The molecule has 0 spiro atoms. The van der Waals surface area contributed by atoms with Crippen LogP contribution in [0.4, 0.5) is 0 Å². The van der Waals surface area contributed by atoms with Gasteiger partial charge in [-0.1, -0.05) is 36.4 Å². The highest BCUT2D eigenvalue weighted by molar-refractivity contribution is 5.76. The molecule has 1 atom stereocenters. The molecule has 0 aromatic heterocycles. The molecular weight excluding hydrogens is 326 g/mol. The molecule has 0 saturated carbocycles. The molecule has 0 heterocycles. The van der Waals surface area contributed by atoms with E-state index >= 15 is 0 Å². The topological polar surface area (TPSA) is 58.6 Å². The molecule has 0 radical (unpaired) electrons. The van der Waals surface area contributed by atoms with Crippen LogP contribution in [0.5, 0.6) is 5.75 Å². The summed E-state index contributed by atoms with van der Waals surface area (Å²) in [6, 6.07) is 16.0.